The largest absolute Gasteiger partial charge is 0.498 e. The van der Waals surface area contributed by atoms with Gasteiger partial charge in [-0.15, -0.1) is 11.3 Å². The number of hydrogen-bond donors (Lipinski definition) is 0. The van der Waals surface area contributed by atoms with Crippen molar-refractivity contribution < 1.29 is 9.31 Å². The highest BCUT2D eigenvalue weighted by molar-refractivity contribution is 7.19. The van der Waals surface area contributed by atoms with Gasteiger partial charge in [0.25, 0.3) is 0 Å². The van der Waals surface area contributed by atoms with Crippen molar-refractivity contribution in [3.05, 3.63) is 22.7 Å². The molecule has 3 heterocycles. The topological polar surface area (TPSA) is 36.3 Å². The molecule has 1 aliphatic heterocycles. The molecule has 0 unspecified atom stereocenters. The van der Waals surface area contributed by atoms with Crippen LogP contribution in [0.3, 0.4) is 0 Å². The fraction of sp³-hybridized carbons (Fsp3) is 0.500. The smallest absolute Gasteiger partial charge is 0.399 e. The van der Waals surface area contributed by atoms with Crippen molar-refractivity contribution in [1.29, 1.82) is 0 Å². The highest BCUT2D eigenvalue weighted by Gasteiger charge is 2.52. The zero-order valence-corrected chi connectivity index (χ0v) is 14.4. The van der Waals surface area contributed by atoms with Crippen molar-refractivity contribution in [3.8, 4) is 10.6 Å². The quantitative estimate of drug-likeness (QED) is 0.796. The Hall–Kier alpha value is -0.815. The van der Waals surface area contributed by atoms with Crippen LogP contribution in [-0.4, -0.2) is 28.1 Å². The molecule has 21 heavy (non-hydrogen) atoms. The van der Waals surface area contributed by atoms with Gasteiger partial charge in [0.2, 0.25) is 0 Å². The molecule has 0 bridgehead atoms. The molecule has 0 atom stereocenters. The van der Waals surface area contributed by atoms with Gasteiger partial charge < -0.3 is 9.31 Å². The second kappa shape index (κ2) is 4.85. The first-order valence-electron chi connectivity index (χ1n) is 6.84. The van der Waals surface area contributed by atoms with E-state index in [0.717, 1.165) is 20.4 Å². The molecule has 0 spiro atoms. The highest BCUT2D eigenvalue weighted by Crippen LogP contribution is 2.38. The van der Waals surface area contributed by atoms with Crippen LogP contribution < -0.4 is 5.46 Å². The lowest BCUT2D eigenvalue weighted by atomic mass is 9.79. The summed E-state index contributed by atoms with van der Waals surface area (Å²) in [6.45, 7) is 8.19. The molecule has 3 rings (SSSR count). The van der Waals surface area contributed by atoms with Crippen LogP contribution >= 0.6 is 22.9 Å². The number of rotatable bonds is 2. The molecular formula is C14H18BClN2O2S. The average molecular weight is 325 g/mol. The first-order chi connectivity index (χ1) is 9.69. The van der Waals surface area contributed by atoms with Gasteiger partial charge in [0, 0.05) is 18.7 Å². The number of thiophene rings is 1. The Morgan fingerprint density at radius 1 is 1.19 bits per heavy atom. The second-order valence-electron chi connectivity index (χ2n) is 6.30. The third-order valence-corrected chi connectivity index (χ3v) is 5.41. The van der Waals surface area contributed by atoms with E-state index in [2.05, 4.69) is 5.10 Å². The van der Waals surface area contributed by atoms with E-state index in [1.807, 2.05) is 53.1 Å². The summed E-state index contributed by atoms with van der Waals surface area (Å²) >= 11 is 7.55. The summed E-state index contributed by atoms with van der Waals surface area (Å²) in [5.74, 6) is 0. The normalized spacial score (nSPS) is 20.2. The van der Waals surface area contributed by atoms with Crippen molar-refractivity contribution in [2.24, 2.45) is 7.05 Å². The molecule has 2 aromatic rings. The molecule has 112 valence electrons. The van der Waals surface area contributed by atoms with E-state index in [-0.39, 0.29) is 11.2 Å². The predicted molar refractivity (Wildman–Crippen MR) is 87.2 cm³/mol. The van der Waals surface area contributed by atoms with Gasteiger partial charge in [0.1, 0.15) is 5.69 Å². The summed E-state index contributed by atoms with van der Waals surface area (Å²) in [6.07, 6.45) is 1.95. The van der Waals surface area contributed by atoms with Crippen molar-refractivity contribution in [3.63, 3.8) is 0 Å². The molecule has 7 heteroatoms. The minimum atomic E-state index is -0.417. The maximum Gasteiger partial charge on any atom is 0.498 e. The van der Waals surface area contributed by atoms with Crippen LogP contribution in [0.2, 0.25) is 4.34 Å². The number of halogens is 1. The fourth-order valence-corrected chi connectivity index (χ4v) is 3.33. The summed E-state index contributed by atoms with van der Waals surface area (Å²) in [5.41, 5.74) is 1.08. The Balaban J connectivity index is 2.01. The van der Waals surface area contributed by atoms with E-state index in [9.17, 15) is 0 Å². The van der Waals surface area contributed by atoms with E-state index in [0.29, 0.717) is 0 Å². The molecule has 0 aromatic carbocycles. The van der Waals surface area contributed by atoms with Gasteiger partial charge in [-0.05, 0) is 39.8 Å². The third-order valence-electron chi connectivity index (χ3n) is 4.17. The fourth-order valence-electron chi connectivity index (χ4n) is 2.28. The van der Waals surface area contributed by atoms with E-state index in [4.69, 9.17) is 20.9 Å². The van der Waals surface area contributed by atoms with Crippen molar-refractivity contribution >= 4 is 35.5 Å². The molecule has 1 saturated heterocycles. The van der Waals surface area contributed by atoms with Crippen LogP contribution in [0.1, 0.15) is 27.7 Å². The van der Waals surface area contributed by atoms with Gasteiger partial charge in [-0.3, -0.25) is 4.68 Å². The Bertz CT molecular complexity index is 664. The summed E-state index contributed by atoms with van der Waals surface area (Å²) in [4.78, 5) is 1.02. The average Bonchev–Trinajstić information content (AvgIpc) is 2.98. The van der Waals surface area contributed by atoms with Gasteiger partial charge in [-0.2, -0.15) is 5.10 Å². The molecule has 0 amide bonds. The monoisotopic (exact) mass is 324 g/mol. The third kappa shape index (κ3) is 2.54. The molecule has 4 nitrogen and oxygen atoms in total. The molecule has 2 aromatic heterocycles. The molecule has 1 aliphatic rings. The van der Waals surface area contributed by atoms with Gasteiger partial charge in [0.15, 0.2) is 0 Å². The van der Waals surface area contributed by atoms with E-state index in [1.54, 1.807) is 4.68 Å². The molecule has 1 fully saturated rings. The van der Waals surface area contributed by atoms with Crippen LogP contribution in [0, 0.1) is 0 Å². The highest BCUT2D eigenvalue weighted by atomic mass is 35.5. The maximum atomic E-state index is 6.13. The van der Waals surface area contributed by atoms with Crippen molar-refractivity contribution in [2.45, 2.75) is 38.9 Å². The van der Waals surface area contributed by atoms with E-state index >= 15 is 0 Å². The number of nitrogens with zero attached hydrogens (tertiary/aromatic N) is 2. The standard InChI is InChI=1S/C14H18BClN2O2S/c1-13(2)14(3,4)20-15(19-13)9-8-18(5)17-12(9)10-6-7-11(16)21-10/h6-8H,1-5H3. The van der Waals surface area contributed by atoms with Gasteiger partial charge in [-0.1, -0.05) is 11.6 Å². The first kappa shape index (κ1) is 15.1. The predicted octanol–water partition coefficient (Wildman–Crippen LogP) is 3.10. The summed E-state index contributed by atoms with van der Waals surface area (Å²) < 4.78 is 14.8. The molecule has 0 aliphatic carbocycles. The van der Waals surface area contributed by atoms with Crippen LogP contribution in [0.25, 0.3) is 10.6 Å². The number of aromatic nitrogens is 2. The second-order valence-corrected chi connectivity index (χ2v) is 8.01. The van der Waals surface area contributed by atoms with Gasteiger partial charge in [0.05, 0.1) is 20.4 Å². The Morgan fingerprint density at radius 3 is 2.33 bits per heavy atom. The SMILES string of the molecule is Cn1cc(B2OC(C)(C)C(C)(C)O2)c(-c2ccc(Cl)s2)n1. The van der Waals surface area contributed by atoms with E-state index in [1.165, 1.54) is 11.3 Å². The number of aryl methyl sites for hydroxylation is 1. The Labute approximate surface area is 134 Å². The summed E-state index contributed by atoms with van der Waals surface area (Å²) in [5, 5.41) is 4.54. The van der Waals surface area contributed by atoms with Gasteiger partial charge >= 0.3 is 7.12 Å². The zero-order chi connectivity index (χ0) is 15.4. The molecule has 0 N–H and O–H groups in total. The summed E-state index contributed by atoms with van der Waals surface area (Å²) in [7, 11) is 1.48. The molecule has 0 radical (unpaired) electrons. The zero-order valence-electron chi connectivity index (χ0n) is 12.8. The van der Waals surface area contributed by atoms with Crippen molar-refractivity contribution in [2.75, 3.05) is 0 Å². The first-order valence-corrected chi connectivity index (χ1v) is 8.04. The summed E-state index contributed by atoms with van der Waals surface area (Å²) in [6, 6.07) is 3.86. The minimum Gasteiger partial charge on any atom is -0.399 e. The maximum absolute atomic E-state index is 6.13. The Kier molecular flexibility index (Phi) is 3.48. The molecule has 0 saturated carbocycles. The molecular weight excluding hydrogens is 306 g/mol. The lowest BCUT2D eigenvalue weighted by Gasteiger charge is -2.32. The number of hydrogen-bond acceptors (Lipinski definition) is 4. The van der Waals surface area contributed by atoms with Crippen LogP contribution in [0.5, 0.6) is 0 Å². The van der Waals surface area contributed by atoms with Crippen LogP contribution in [0.4, 0.5) is 0 Å². The van der Waals surface area contributed by atoms with Crippen LogP contribution in [0.15, 0.2) is 18.3 Å². The van der Waals surface area contributed by atoms with E-state index < -0.39 is 7.12 Å². The van der Waals surface area contributed by atoms with Crippen molar-refractivity contribution in [1.82, 2.24) is 9.78 Å². The lowest BCUT2D eigenvalue weighted by Crippen LogP contribution is -2.41. The van der Waals surface area contributed by atoms with Gasteiger partial charge in [-0.25, -0.2) is 0 Å². The Morgan fingerprint density at radius 2 is 1.81 bits per heavy atom. The minimum absolute atomic E-state index is 0.363. The lowest BCUT2D eigenvalue weighted by molar-refractivity contribution is 0.00578. The van der Waals surface area contributed by atoms with Crippen LogP contribution in [-0.2, 0) is 16.4 Å².